The second-order valence-electron chi connectivity index (χ2n) is 40.1. The molecular formula is C138H92F4N8. The Balaban J connectivity index is 0.000000141. The van der Waals surface area contributed by atoms with E-state index in [1.807, 2.05) is 60.7 Å². The van der Waals surface area contributed by atoms with Gasteiger partial charge in [0, 0.05) is 154 Å². The summed E-state index contributed by atoms with van der Waals surface area (Å²) in [6.07, 6.45) is 0. The van der Waals surface area contributed by atoms with Crippen LogP contribution in [0.2, 0.25) is 0 Å². The molecule has 712 valence electrons. The second kappa shape index (κ2) is 34.3. The van der Waals surface area contributed by atoms with Crippen molar-refractivity contribution in [2.45, 2.75) is 39.5 Å². The molecule has 0 radical (unpaired) electrons. The topological polar surface area (TPSA) is 30.6 Å². The first kappa shape index (κ1) is 87.5. The molecule has 0 bridgehead atoms. The largest absolute Gasteiger partial charge is 0.310 e. The van der Waals surface area contributed by atoms with Crippen molar-refractivity contribution >= 4 is 221 Å². The van der Waals surface area contributed by atoms with Gasteiger partial charge in [-0.05, 0) is 239 Å². The van der Waals surface area contributed by atoms with Gasteiger partial charge < -0.3 is 37.2 Å². The van der Waals surface area contributed by atoms with Crippen molar-refractivity contribution in [1.82, 2.24) is 17.6 Å². The number of halogens is 4. The van der Waals surface area contributed by atoms with Gasteiger partial charge in [-0.3, -0.25) is 0 Å². The van der Waals surface area contributed by atoms with Crippen molar-refractivity contribution in [3.63, 3.8) is 0 Å². The van der Waals surface area contributed by atoms with E-state index < -0.39 is 0 Å². The molecule has 0 aliphatic heterocycles. The smallest absolute Gasteiger partial charge is 0.123 e. The number of hydrogen-bond donors (Lipinski definition) is 0. The molecule has 0 spiro atoms. The van der Waals surface area contributed by atoms with Gasteiger partial charge in [0.15, 0.2) is 0 Å². The minimum atomic E-state index is -0.276. The predicted octanol–water partition coefficient (Wildman–Crippen LogP) is 39.3. The van der Waals surface area contributed by atoms with Gasteiger partial charge in [-0.1, -0.05) is 307 Å². The van der Waals surface area contributed by atoms with Crippen molar-refractivity contribution < 1.29 is 17.6 Å². The molecule has 22 aromatic carbocycles. The molecule has 30 rings (SSSR count). The first-order valence-electron chi connectivity index (χ1n) is 51.4. The molecule has 0 saturated carbocycles. The molecule has 0 fully saturated rings. The van der Waals surface area contributed by atoms with E-state index in [9.17, 15) is 17.6 Å². The van der Waals surface area contributed by atoms with E-state index in [4.69, 9.17) is 0 Å². The first-order valence-corrected chi connectivity index (χ1v) is 51.4. The zero-order valence-corrected chi connectivity index (χ0v) is 82.3. The van der Waals surface area contributed by atoms with Gasteiger partial charge in [0.25, 0.3) is 0 Å². The van der Waals surface area contributed by atoms with Crippen molar-refractivity contribution in [3.8, 4) is 44.5 Å². The lowest BCUT2D eigenvalue weighted by molar-refractivity contribution is 0.627. The SMILES string of the molecule is CC(C)c1ccc(N(c2ccc(F)cc2)c2cccc3c2c2cccc4c5c(-c6ccccc6)c6c(c(-c7ccccc7)c5n3c24)c2cccc3c4c(N(c5ccc(F)cc5)c5ccc(C(C)C)cc5)cccc4n6c32)cc1.Fc1ccc(N(c2ccccc2)c2cccc3c2c2cccc4c5c(-c6ccccc6)c6c(c(-c7ccccc7)c5n3c24)c2cccc3c4c(N(c5ccccc5)c5ccc(F)cc5)cccc4n6c32)cc1. The van der Waals surface area contributed by atoms with Crippen LogP contribution in [-0.4, -0.2) is 17.6 Å². The molecule has 0 amide bonds. The highest BCUT2D eigenvalue weighted by Gasteiger charge is 2.37. The maximum atomic E-state index is 14.8. The summed E-state index contributed by atoms with van der Waals surface area (Å²) in [5.41, 5.74) is 36.7. The van der Waals surface area contributed by atoms with Gasteiger partial charge in [0.2, 0.25) is 0 Å². The Kier molecular flexibility index (Phi) is 20.0. The van der Waals surface area contributed by atoms with E-state index in [1.165, 1.54) is 68.1 Å². The quantitative estimate of drug-likeness (QED) is 0.0801. The number of para-hydroxylation sites is 6. The summed E-state index contributed by atoms with van der Waals surface area (Å²) in [6, 6.07) is 163. The third-order valence-corrected chi connectivity index (χ3v) is 31.2. The van der Waals surface area contributed by atoms with E-state index in [0.717, 1.165) is 232 Å². The lowest BCUT2D eigenvalue weighted by Gasteiger charge is -2.27. The van der Waals surface area contributed by atoms with Crippen LogP contribution in [0.5, 0.6) is 0 Å². The number of aromatic nitrogens is 4. The van der Waals surface area contributed by atoms with Crippen molar-refractivity contribution in [3.05, 3.63) is 508 Å². The fourth-order valence-corrected chi connectivity index (χ4v) is 25.0. The van der Waals surface area contributed by atoms with E-state index in [2.05, 4.69) is 429 Å². The number of nitrogens with zero attached hydrogens (tertiary/aromatic N) is 8. The summed E-state index contributed by atoms with van der Waals surface area (Å²) >= 11 is 0. The van der Waals surface area contributed by atoms with Crippen molar-refractivity contribution in [1.29, 1.82) is 0 Å². The molecule has 12 heteroatoms. The zero-order chi connectivity index (χ0) is 100. The zero-order valence-electron chi connectivity index (χ0n) is 82.3. The van der Waals surface area contributed by atoms with Crippen LogP contribution in [0.1, 0.15) is 50.7 Å². The molecule has 0 saturated heterocycles. The molecule has 8 nitrogen and oxygen atoms in total. The monoisotopic (exact) mass is 1940 g/mol. The van der Waals surface area contributed by atoms with Crippen molar-refractivity contribution in [2.24, 2.45) is 0 Å². The summed E-state index contributed by atoms with van der Waals surface area (Å²) in [5.74, 6) is -0.348. The molecule has 8 aromatic heterocycles. The highest BCUT2D eigenvalue weighted by atomic mass is 19.1. The third-order valence-electron chi connectivity index (χ3n) is 31.2. The molecule has 30 aromatic rings. The number of fused-ring (bicyclic) bond motifs is 24. The lowest BCUT2D eigenvalue weighted by Crippen LogP contribution is -2.10. The average Bonchev–Trinajstić information content (AvgIpc) is 1.49. The number of rotatable bonds is 18. The second-order valence-corrected chi connectivity index (χ2v) is 40.1. The van der Waals surface area contributed by atoms with Crippen LogP contribution in [0.4, 0.5) is 85.8 Å². The van der Waals surface area contributed by atoms with Crippen molar-refractivity contribution in [2.75, 3.05) is 19.6 Å². The van der Waals surface area contributed by atoms with Gasteiger partial charge in [0.05, 0.1) is 88.9 Å². The summed E-state index contributed by atoms with van der Waals surface area (Å²) in [7, 11) is 0. The molecule has 0 aliphatic carbocycles. The highest BCUT2D eigenvalue weighted by Crippen LogP contribution is 2.61. The lowest BCUT2D eigenvalue weighted by atomic mass is 9.89. The summed E-state index contributed by atoms with van der Waals surface area (Å²) in [6.45, 7) is 8.86. The first-order chi connectivity index (χ1) is 73.8. The van der Waals surface area contributed by atoms with E-state index in [0.29, 0.717) is 11.8 Å². The predicted molar refractivity (Wildman–Crippen MR) is 620 cm³/mol. The fourth-order valence-electron chi connectivity index (χ4n) is 25.0. The Hall–Kier alpha value is -19.0. The molecule has 0 N–H and O–H groups in total. The van der Waals surface area contributed by atoms with E-state index >= 15 is 0 Å². The van der Waals surface area contributed by atoms with E-state index in [1.54, 1.807) is 24.3 Å². The van der Waals surface area contributed by atoms with Crippen LogP contribution in [0.25, 0.3) is 197 Å². The Labute approximate surface area is 861 Å². The van der Waals surface area contributed by atoms with E-state index in [-0.39, 0.29) is 23.3 Å². The van der Waals surface area contributed by atoms with Gasteiger partial charge in [-0.15, -0.1) is 0 Å². The van der Waals surface area contributed by atoms with Crippen LogP contribution in [0.3, 0.4) is 0 Å². The van der Waals surface area contributed by atoms with Crippen LogP contribution in [-0.2, 0) is 0 Å². The molecule has 0 aliphatic rings. The Morgan fingerprint density at radius 2 is 0.333 bits per heavy atom. The molecule has 8 heterocycles. The average molecular weight is 1940 g/mol. The molecular weight excluding hydrogens is 1850 g/mol. The third kappa shape index (κ3) is 13.1. The normalized spacial score (nSPS) is 12.1. The Bertz CT molecular complexity index is 9920. The molecule has 0 unspecified atom stereocenters. The summed E-state index contributed by atoms with van der Waals surface area (Å²) in [5, 5.41) is 18.4. The Morgan fingerprint density at radius 3 is 0.533 bits per heavy atom. The standard InChI is InChI=1S/C72H52F2N4.C66H40F2N4/c1-43(2)45-27-35-51(36-28-45)75(53-39-31-49(73)32-40-53)59-23-13-25-61-65(59)55-19-11-21-57-67-64(48-17-9-6-10-18-48)72-68(63(47-15-7-5-8-16-47)71(67)77(61)69(55)57)58-22-12-20-56-66-60(24-14-26-62(66)78(72)70(56)58)76(54-41-33-50(74)34-42-54)52-37-29-46(30-38-52)44(3)4;67-43-33-37-47(38-34-43)69(45-21-9-3-10-22-45)53-29-15-31-55-59(53)50-26-14-28-52-62-58(42-19-7-2-8-20-42)66-61(57(41-17-5-1-6-18-41)65(62)71(55)64(50)52)51-27-13-25-49-60-54(30-16-32-56(60)72(66)63(49)51)70(46-23-11-4-12-24-46)48-39-35-44(68)36-40-48/h5-44H,1-4H3;1-40H. The molecule has 150 heavy (non-hydrogen) atoms. The van der Waals surface area contributed by atoms with Gasteiger partial charge >= 0.3 is 0 Å². The number of benzene rings is 22. The van der Waals surface area contributed by atoms with Gasteiger partial charge in [0.1, 0.15) is 23.3 Å². The van der Waals surface area contributed by atoms with Gasteiger partial charge in [-0.2, -0.15) is 0 Å². The molecule has 0 atom stereocenters. The van der Waals surface area contributed by atoms with Crippen LogP contribution < -0.4 is 19.6 Å². The minimum Gasteiger partial charge on any atom is -0.310 e. The number of hydrogen-bond acceptors (Lipinski definition) is 4. The number of anilines is 12. The minimum absolute atomic E-state index is 0.273. The maximum absolute atomic E-state index is 14.8. The van der Waals surface area contributed by atoms with Crippen LogP contribution in [0.15, 0.2) is 473 Å². The summed E-state index contributed by atoms with van der Waals surface area (Å²) in [4.78, 5) is 9.07. The summed E-state index contributed by atoms with van der Waals surface area (Å²) < 4.78 is 68.9. The van der Waals surface area contributed by atoms with Crippen LogP contribution in [0, 0.1) is 23.3 Å². The maximum Gasteiger partial charge on any atom is 0.123 e. The Morgan fingerprint density at radius 1 is 0.160 bits per heavy atom. The fraction of sp³-hybridized carbons (Fsp3) is 0.0435. The highest BCUT2D eigenvalue weighted by molar-refractivity contribution is 6.42. The van der Waals surface area contributed by atoms with Gasteiger partial charge in [-0.25, -0.2) is 17.6 Å². The van der Waals surface area contributed by atoms with Crippen LogP contribution >= 0.6 is 0 Å².